The van der Waals surface area contributed by atoms with Gasteiger partial charge in [0.2, 0.25) is 0 Å². The van der Waals surface area contributed by atoms with Gasteiger partial charge in [-0.05, 0) is 32.7 Å². The Morgan fingerprint density at radius 3 is 2.25 bits per heavy atom. The molecule has 0 heterocycles. The lowest BCUT2D eigenvalue weighted by Gasteiger charge is -2.39. The van der Waals surface area contributed by atoms with Gasteiger partial charge >= 0.3 is 12.1 Å². The molecule has 0 atom stereocenters. The van der Waals surface area contributed by atoms with Crippen molar-refractivity contribution in [2.75, 3.05) is 7.05 Å². The van der Waals surface area contributed by atoms with Crippen LogP contribution in [0.25, 0.3) is 0 Å². The molecule has 0 spiro atoms. The fourth-order valence-corrected chi connectivity index (χ4v) is 2.30. The minimum atomic E-state index is -4.15. The fraction of sp³-hybridized carbons (Fsp3) is 0.900. The molecule has 1 rings (SSSR count). The van der Waals surface area contributed by atoms with Gasteiger partial charge in [0, 0.05) is 5.54 Å². The van der Waals surface area contributed by atoms with E-state index < -0.39 is 23.6 Å². The molecular formula is C10H16F3NO2. The summed E-state index contributed by atoms with van der Waals surface area (Å²) in [5, 5.41) is 11.6. The lowest BCUT2D eigenvalue weighted by atomic mass is 9.74. The molecule has 0 unspecified atom stereocenters. The molecule has 0 amide bonds. The molecular weight excluding hydrogens is 223 g/mol. The highest BCUT2D eigenvalue weighted by Gasteiger charge is 2.45. The van der Waals surface area contributed by atoms with Gasteiger partial charge in [-0.25, -0.2) is 0 Å². The third kappa shape index (κ3) is 3.10. The molecule has 1 fully saturated rings. The van der Waals surface area contributed by atoms with E-state index in [1.807, 2.05) is 0 Å². The molecule has 0 radical (unpaired) electrons. The minimum absolute atomic E-state index is 0.0115. The molecule has 0 saturated heterocycles. The molecule has 2 N–H and O–H groups in total. The Balaban J connectivity index is 2.60. The normalized spacial score (nSPS) is 31.4. The Labute approximate surface area is 92.0 Å². The third-order valence-corrected chi connectivity index (χ3v) is 3.43. The molecule has 3 nitrogen and oxygen atoms in total. The van der Waals surface area contributed by atoms with Crippen LogP contribution in [0.1, 0.15) is 32.1 Å². The van der Waals surface area contributed by atoms with Gasteiger partial charge in [0.1, 0.15) is 0 Å². The maximum atomic E-state index is 12.4. The minimum Gasteiger partial charge on any atom is -0.481 e. The predicted octanol–water partition coefficient (Wildman–Crippen LogP) is 2.17. The first-order chi connectivity index (χ1) is 7.29. The van der Waals surface area contributed by atoms with Crippen molar-refractivity contribution in [3.05, 3.63) is 0 Å². The summed E-state index contributed by atoms with van der Waals surface area (Å²) < 4.78 is 37.3. The van der Waals surface area contributed by atoms with Gasteiger partial charge in [0.05, 0.1) is 12.3 Å². The maximum Gasteiger partial charge on any atom is 0.391 e. The van der Waals surface area contributed by atoms with Crippen LogP contribution >= 0.6 is 0 Å². The van der Waals surface area contributed by atoms with Gasteiger partial charge in [-0.15, -0.1) is 0 Å². The molecule has 0 bridgehead atoms. The zero-order valence-corrected chi connectivity index (χ0v) is 9.10. The van der Waals surface area contributed by atoms with Crippen LogP contribution < -0.4 is 5.32 Å². The second kappa shape index (κ2) is 4.61. The van der Waals surface area contributed by atoms with Crippen molar-refractivity contribution in [2.24, 2.45) is 5.92 Å². The molecule has 0 aromatic rings. The summed E-state index contributed by atoms with van der Waals surface area (Å²) in [7, 11) is 1.61. The second-order valence-corrected chi connectivity index (χ2v) is 4.42. The van der Waals surface area contributed by atoms with E-state index in [9.17, 15) is 18.0 Å². The van der Waals surface area contributed by atoms with Gasteiger partial charge in [0.15, 0.2) is 0 Å². The van der Waals surface area contributed by atoms with E-state index in [2.05, 4.69) is 5.32 Å². The van der Waals surface area contributed by atoms with E-state index >= 15 is 0 Å². The molecule has 1 aliphatic carbocycles. The lowest BCUT2D eigenvalue weighted by Crippen LogP contribution is -2.49. The zero-order valence-electron chi connectivity index (χ0n) is 9.10. The van der Waals surface area contributed by atoms with Crippen LogP contribution in [-0.4, -0.2) is 29.8 Å². The highest BCUT2D eigenvalue weighted by atomic mass is 19.4. The molecule has 0 aliphatic heterocycles. The van der Waals surface area contributed by atoms with Gasteiger partial charge in [-0.1, -0.05) is 0 Å². The number of aliphatic carboxylic acids is 1. The molecule has 0 aromatic carbocycles. The summed E-state index contributed by atoms with van der Waals surface area (Å²) in [4.78, 5) is 10.6. The largest absolute Gasteiger partial charge is 0.481 e. The van der Waals surface area contributed by atoms with Gasteiger partial charge < -0.3 is 10.4 Å². The van der Waals surface area contributed by atoms with Crippen LogP contribution in [0.3, 0.4) is 0 Å². The predicted molar refractivity (Wildman–Crippen MR) is 52.1 cm³/mol. The van der Waals surface area contributed by atoms with Crippen molar-refractivity contribution in [1.29, 1.82) is 0 Å². The number of halogens is 3. The third-order valence-electron chi connectivity index (χ3n) is 3.43. The first-order valence-electron chi connectivity index (χ1n) is 5.26. The monoisotopic (exact) mass is 239 g/mol. The number of hydrogen-bond acceptors (Lipinski definition) is 2. The summed E-state index contributed by atoms with van der Waals surface area (Å²) in [5.41, 5.74) is -0.659. The highest BCUT2D eigenvalue weighted by molar-refractivity contribution is 5.68. The smallest absolute Gasteiger partial charge is 0.391 e. The highest BCUT2D eigenvalue weighted by Crippen LogP contribution is 2.42. The Kier molecular flexibility index (Phi) is 3.83. The zero-order chi connectivity index (χ0) is 12.4. The maximum absolute atomic E-state index is 12.4. The standard InChI is InChI=1S/C10H16F3NO2/c1-14-9(6-8(15)16)4-2-7(3-5-9)10(11,12)13/h7,14H,2-6H2,1H3,(H,15,16). The molecule has 0 aromatic heterocycles. The van der Waals surface area contributed by atoms with Crippen LogP contribution in [0.15, 0.2) is 0 Å². The van der Waals surface area contributed by atoms with Gasteiger partial charge in [-0.2, -0.15) is 13.2 Å². The van der Waals surface area contributed by atoms with Crippen molar-refractivity contribution >= 4 is 5.97 Å². The van der Waals surface area contributed by atoms with Crippen molar-refractivity contribution in [1.82, 2.24) is 5.32 Å². The summed E-state index contributed by atoms with van der Waals surface area (Å²) >= 11 is 0. The first kappa shape index (κ1) is 13.3. The van der Waals surface area contributed by atoms with Crippen molar-refractivity contribution in [3.63, 3.8) is 0 Å². The van der Waals surface area contributed by atoms with E-state index in [1.165, 1.54) is 0 Å². The van der Waals surface area contributed by atoms with E-state index in [0.717, 1.165) is 0 Å². The number of nitrogens with one attached hydrogen (secondary N) is 1. The average molecular weight is 239 g/mol. The molecule has 6 heteroatoms. The van der Waals surface area contributed by atoms with E-state index in [0.29, 0.717) is 0 Å². The van der Waals surface area contributed by atoms with Crippen LogP contribution in [-0.2, 0) is 4.79 Å². The van der Waals surface area contributed by atoms with Crippen LogP contribution in [0.4, 0.5) is 13.2 Å². The van der Waals surface area contributed by atoms with Gasteiger partial charge in [0.25, 0.3) is 0 Å². The first-order valence-corrected chi connectivity index (χ1v) is 5.26. The number of hydrogen-bond donors (Lipinski definition) is 2. The Bertz CT molecular complexity index is 257. The second-order valence-electron chi connectivity index (χ2n) is 4.42. The van der Waals surface area contributed by atoms with E-state index in [1.54, 1.807) is 7.05 Å². The lowest BCUT2D eigenvalue weighted by molar-refractivity contribution is -0.185. The van der Waals surface area contributed by atoms with Crippen LogP contribution in [0.2, 0.25) is 0 Å². The summed E-state index contributed by atoms with van der Waals surface area (Å²) in [6, 6.07) is 0. The van der Waals surface area contributed by atoms with Gasteiger partial charge in [-0.3, -0.25) is 4.79 Å². The fourth-order valence-electron chi connectivity index (χ4n) is 2.30. The number of rotatable bonds is 3. The molecule has 1 aliphatic rings. The van der Waals surface area contributed by atoms with Crippen molar-refractivity contribution < 1.29 is 23.1 Å². The molecule has 16 heavy (non-hydrogen) atoms. The van der Waals surface area contributed by atoms with Crippen LogP contribution in [0.5, 0.6) is 0 Å². The van der Waals surface area contributed by atoms with E-state index in [4.69, 9.17) is 5.11 Å². The Morgan fingerprint density at radius 1 is 1.44 bits per heavy atom. The van der Waals surface area contributed by atoms with E-state index in [-0.39, 0.29) is 32.1 Å². The summed E-state index contributed by atoms with van der Waals surface area (Å²) in [6.45, 7) is 0. The SMILES string of the molecule is CNC1(CC(=O)O)CCC(C(F)(F)F)CC1. The Hall–Kier alpha value is -0.780. The summed E-state index contributed by atoms with van der Waals surface area (Å²) in [6.07, 6.45) is -3.72. The quantitative estimate of drug-likeness (QED) is 0.793. The Morgan fingerprint density at radius 2 is 1.94 bits per heavy atom. The number of alkyl halides is 3. The number of carboxylic acid groups (broad SMARTS) is 1. The van der Waals surface area contributed by atoms with Crippen molar-refractivity contribution in [2.45, 2.75) is 43.8 Å². The average Bonchev–Trinajstić information content (AvgIpc) is 2.16. The molecule has 94 valence electrons. The number of carboxylic acids is 1. The van der Waals surface area contributed by atoms with Crippen LogP contribution in [0, 0.1) is 5.92 Å². The number of carbonyl (C=O) groups is 1. The molecule has 1 saturated carbocycles. The van der Waals surface area contributed by atoms with Crippen molar-refractivity contribution in [3.8, 4) is 0 Å². The summed E-state index contributed by atoms with van der Waals surface area (Å²) in [5.74, 6) is -2.25. The topological polar surface area (TPSA) is 49.3 Å².